The van der Waals surface area contributed by atoms with E-state index in [0.29, 0.717) is 0 Å². The van der Waals surface area contributed by atoms with Gasteiger partial charge < -0.3 is 20.1 Å². The Kier molecular flexibility index (Phi) is 9.26. The minimum absolute atomic E-state index is 0.796. The van der Waals surface area contributed by atoms with Crippen LogP contribution in [0.3, 0.4) is 0 Å². The van der Waals surface area contributed by atoms with Gasteiger partial charge in [-0.05, 0) is 32.0 Å². The van der Waals surface area contributed by atoms with Crippen LogP contribution in [0.15, 0.2) is 6.07 Å². The normalized spacial score (nSPS) is 11.1. The molecular weight excluding hydrogens is 244 g/mol. The van der Waals surface area contributed by atoms with Gasteiger partial charge in [-0.3, -0.25) is 5.10 Å². The van der Waals surface area contributed by atoms with Gasteiger partial charge in [0.1, 0.15) is 0 Å². The number of aromatic amines is 1. The number of hydrogen-bond donors (Lipinski definition) is 3. The van der Waals surface area contributed by atoms with E-state index in [4.69, 9.17) is 9.47 Å². The summed E-state index contributed by atoms with van der Waals surface area (Å²) in [4.78, 5) is 0. The van der Waals surface area contributed by atoms with E-state index in [1.54, 1.807) is 14.2 Å². The number of H-pyrrole nitrogens is 1. The third kappa shape index (κ3) is 7.94. The Morgan fingerprint density at radius 1 is 1.05 bits per heavy atom. The Bertz CT molecular complexity index is 289. The van der Waals surface area contributed by atoms with Crippen LogP contribution in [0.4, 0.5) is 0 Å². The molecule has 0 saturated carbocycles. The molecule has 0 saturated heterocycles. The first-order valence-electron chi connectivity index (χ1n) is 6.79. The van der Waals surface area contributed by atoms with E-state index >= 15 is 0 Å². The minimum Gasteiger partial charge on any atom is -0.385 e. The number of rotatable bonds is 12. The first kappa shape index (κ1) is 16.1. The number of hydrogen-bond acceptors (Lipinski definition) is 5. The number of methoxy groups -OCH3 is 2. The molecule has 1 rings (SSSR count). The van der Waals surface area contributed by atoms with E-state index in [2.05, 4.69) is 26.9 Å². The molecule has 6 heteroatoms. The molecule has 0 bridgehead atoms. The van der Waals surface area contributed by atoms with Crippen molar-refractivity contribution in [3.8, 4) is 0 Å². The molecular formula is C13H26N4O2. The molecule has 3 N–H and O–H groups in total. The van der Waals surface area contributed by atoms with Gasteiger partial charge in [-0.2, -0.15) is 5.10 Å². The maximum Gasteiger partial charge on any atom is 0.0763 e. The molecule has 0 aliphatic carbocycles. The molecule has 19 heavy (non-hydrogen) atoms. The van der Waals surface area contributed by atoms with Crippen molar-refractivity contribution in [3.63, 3.8) is 0 Å². The second kappa shape index (κ2) is 10.9. The number of nitrogens with one attached hydrogen (secondary N) is 3. The number of ether oxygens (including phenoxy) is 2. The van der Waals surface area contributed by atoms with Gasteiger partial charge in [-0.25, -0.2) is 0 Å². The van der Waals surface area contributed by atoms with Crippen molar-refractivity contribution in [3.05, 3.63) is 17.5 Å². The summed E-state index contributed by atoms with van der Waals surface area (Å²) in [5, 5.41) is 14.0. The van der Waals surface area contributed by atoms with Gasteiger partial charge in [0, 0.05) is 46.2 Å². The Balaban J connectivity index is 2.07. The predicted octanol–water partition coefficient (Wildman–Crippen LogP) is 0.662. The maximum atomic E-state index is 4.99. The van der Waals surface area contributed by atoms with Gasteiger partial charge in [-0.15, -0.1) is 0 Å². The fraction of sp³-hybridized carbons (Fsp3) is 0.769. The first-order chi connectivity index (χ1) is 9.36. The zero-order valence-corrected chi connectivity index (χ0v) is 12.0. The van der Waals surface area contributed by atoms with Gasteiger partial charge in [0.25, 0.3) is 0 Å². The van der Waals surface area contributed by atoms with Crippen LogP contribution in [0, 0.1) is 0 Å². The van der Waals surface area contributed by atoms with Gasteiger partial charge in [-0.1, -0.05) is 0 Å². The average molecular weight is 270 g/mol. The third-order valence-corrected chi connectivity index (χ3v) is 2.71. The summed E-state index contributed by atoms with van der Waals surface area (Å²) < 4.78 is 9.98. The van der Waals surface area contributed by atoms with E-state index in [1.807, 2.05) is 0 Å². The van der Waals surface area contributed by atoms with Gasteiger partial charge in [0.2, 0.25) is 0 Å². The second-order valence-corrected chi connectivity index (χ2v) is 4.43. The van der Waals surface area contributed by atoms with Crippen LogP contribution in [0.25, 0.3) is 0 Å². The van der Waals surface area contributed by atoms with E-state index in [9.17, 15) is 0 Å². The quantitative estimate of drug-likeness (QED) is 0.487. The smallest absolute Gasteiger partial charge is 0.0763 e. The molecule has 0 aromatic carbocycles. The zero-order valence-electron chi connectivity index (χ0n) is 12.0. The SMILES string of the molecule is COCCCNCc1cc(CNCCCOC)[nH]n1. The molecule has 0 radical (unpaired) electrons. The third-order valence-electron chi connectivity index (χ3n) is 2.71. The van der Waals surface area contributed by atoms with Crippen molar-refractivity contribution in [2.75, 3.05) is 40.5 Å². The monoisotopic (exact) mass is 270 g/mol. The highest BCUT2D eigenvalue weighted by Gasteiger charge is 2.00. The Hall–Kier alpha value is -0.950. The molecule has 0 amide bonds. The highest BCUT2D eigenvalue weighted by Crippen LogP contribution is 1.99. The first-order valence-corrected chi connectivity index (χ1v) is 6.79. The standard InChI is InChI=1S/C13H26N4O2/c1-18-7-3-5-14-10-12-9-13(17-16-12)11-15-6-4-8-19-2/h9,14-15H,3-8,10-11H2,1-2H3,(H,16,17). The van der Waals surface area contributed by atoms with Crippen molar-refractivity contribution in [2.45, 2.75) is 25.9 Å². The molecule has 0 fully saturated rings. The molecule has 0 atom stereocenters. The van der Waals surface area contributed by atoms with Gasteiger partial charge in [0.15, 0.2) is 0 Å². The summed E-state index contributed by atoms with van der Waals surface area (Å²) >= 11 is 0. The van der Waals surface area contributed by atoms with E-state index in [0.717, 1.165) is 63.6 Å². The minimum atomic E-state index is 0.796. The topological polar surface area (TPSA) is 71.2 Å². The van der Waals surface area contributed by atoms with Crippen LogP contribution in [-0.4, -0.2) is 50.7 Å². The summed E-state index contributed by atoms with van der Waals surface area (Å²) in [6.07, 6.45) is 2.05. The predicted molar refractivity (Wildman–Crippen MR) is 75.0 cm³/mol. The van der Waals surface area contributed by atoms with Crippen LogP contribution in [0.5, 0.6) is 0 Å². The summed E-state index contributed by atoms with van der Waals surface area (Å²) in [5.74, 6) is 0. The fourth-order valence-electron chi connectivity index (χ4n) is 1.71. The molecule has 1 aromatic rings. The van der Waals surface area contributed by atoms with Crippen LogP contribution >= 0.6 is 0 Å². The van der Waals surface area contributed by atoms with Crippen molar-refractivity contribution < 1.29 is 9.47 Å². The van der Waals surface area contributed by atoms with E-state index in [-0.39, 0.29) is 0 Å². The molecule has 0 aliphatic rings. The molecule has 0 aliphatic heterocycles. The molecule has 1 aromatic heterocycles. The summed E-state index contributed by atoms with van der Waals surface area (Å²) in [7, 11) is 3.44. The fourth-order valence-corrected chi connectivity index (χ4v) is 1.71. The number of nitrogens with zero attached hydrogens (tertiary/aromatic N) is 1. The highest BCUT2D eigenvalue weighted by atomic mass is 16.5. The molecule has 0 unspecified atom stereocenters. The molecule has 110 valence electrons. The molecule has 6 nitrogen and oxygen atoms in total. The van der Waals surface area contributed by atoms with Crippen molar-refractivity contribution >= 4 is 0 Å². The maximum absolute atomic E-state index is 4.99. The summed E-state index contributed by atoms with van der Waals surface area (Å²) in [5.41, 5.74) is 2.16. The van der Waals surface area contributed by atoms with Crippen LogP contribution in [0.1, 0.15) is 24.2 Å². The zero-order chi connectivity index (χ0) is 13.8. The van der Waals surface area contributed by atoms with Gasteiger partial charge in [0.05, 0.1) is 5.69 Å². The average Bonchev–Trinajstić information content (AvgIpc) is 2.86. The van der Waals surface area contributed by atoms with Crippen molar-refractivity contribution in [1.29, 1.82) is 0 Å². The van der Waals surface area contributed by atoms with Crippen LogP contribution in [0.2, 0.25) is 0 Å². The lowest BCUT2D eigenvalue weighted by atomic mass is 10.3. The van der Waals surface area contributed by atoms with E-state index in [1.165, 1.54) is 0 Å². The lowest BCUT2D eigenvalue weighted by molar-refractivity contribution is 0.194. The number of aromatic nitrogens is 2. The largest absolute Gasteiger partial charge is 0.385 e. The Morgan fingerprint density at radius 3 is 2.32 bits per heavy atom. The molecule has 1 heterocycles. The molecule has 0 spiro atoms. The Morgan fingerprint density at radius 2 is 1.68 bits per heavy atom. The van der Waals surface area contributed by atoms with Crippen LogP contribution < -0.4 is 10.6 Å². The highest BCUT2D eigenvalue weighted by molar-refractivity contribution is 5.08. The lowest BCUT2D eigenvalue weighted by Crippen LogP contribution is -2.16. The van der Waals surface area contributed by atoms with E-state index < -0.39 is 0 Å². The lowest BCUT2D eigenvalue weighted by Gasteiger charge is -2.02. The Labute approximate surface area is 115 Å². The second-order valence-electron chi connectivity index (χ2n) is 4.43. The summed E-state index contributed by atoms with van der Waals surface area (Å²) in [6, 6.07) is 2.09. The van der Waals surface area contributed by atoms with Crippen molar-refractivity contribution in [1.82, 2.24) is 20.8 Å². The van der Waals surface area contributed by atoms with Crippen LogP contribution in [-0.2, 0) is 22.6 Å². The van der Waals surface area contributed by atoms with Crippen molar-refractivity contribution in [2.24, 2.45) is 0 Å². The summed E-state index contributed by atoms with van der Waals surface area (Å²) in [6.45, 7) is 5.11. The van der Waals surface area contributed by atoms with Gasteiger partial charge >= 0.3 is 0 Å².